The van der Waals surface area contributed by atoms with E-state index in [0.29, 0.717) is 22.8 Å². The summed E-state index contributed by atoms with van der Waals surface area (Å²) in [5.74, 6) is -0.807. The second kappa shape index (κ2) is 13.1. The van der Waals surface area contributed by atoms with Gasteiger partial charge in [0.1, 0.15) is 12.6 Å². The van der Waals surface area contributed by atoms with Crippen LogP contribution < -0.4 is 9.62 Å². The number of nitrogens with zero attached hydrogens (tertiary/aromatic N) is 2. The summed E-state index contributed by atoms with van der Waals surface area (Å²) in [6.45, 7) is 9.29. The fourth-order valence-electron chi connectivity index (χ4n) is 4.15. The van der Waals surface area contributed by atoms with Crippen LogP contribution in [-0.2, 0) is 26.2 Å². The number of halogens is 1. The molecule has 0 aromatic heterocycles. The molecule has 9 heteroatoms. The van der Waals surface area contributed by atoms with E-state index in [1.807, 2.05) is 45.0 Å². The van der Waals surface area contributed by atoms with Crippen molar-refractivity contribution in [2.24, 2.45) is 0 Å². The molecule has 39 heavy (non-hydrogen) atoms. The molecular formula is C30H36ClN3O4S. The van der Waals surface area contributed by atoms with Crippen molar-refractivity contribution in [1.82, 2.24) is 10.2 Å². The third-order valence-electron chi connectivity index (χ3n) is 6.65. The van der Waals surface area contributed by atoms with Crippen molar-refractivity contribution in [3.05, 3.63) is 94.0 Å². The highest BCUT2D eigenvalue weighted by atomic mass is 35.5. The number of benzene rings is 3. The first-order chi connectivity index (χ1) is 18.4. The van der Waals surface area contributed by atoms with E-state index in [0.717, 1.165) is 27.4 Å². The smallest absolute Gasteiger partial charge is 0.264 e. The molecule has 0 fully saturated rings. The molecule has 1 N–H and O–H groups in total. The highest BCUT2D eigenvalue weighted by Crippen LogP contribution is 2.30. The van der Waals surface area contributed by atoms with Crippen LogP contribution in [0.4, 0.5) is 5.69 Å². The molecule has 7 nitrogen and oxygen atoms in total. The van der Waals surface area contributed by atoms with Gasteiger partial charge in [-0.2, -0.15) is 0 Å². The number of sulfonamides is 1. The Hall–Kier alpha value is -3.36. The molecule has 3 aromatic rings. The molecule has 0 bridgehead atoms. The normalized spacial score (nSPS) is 12.1. The first-order valence-corrected chi connectivity index (χ1v) is 14.7. The SMILES string of the molecule is CCCNC(=O)[C@H](C)N(Cc1ccccc1C)C(=O)CN(c1cc(Cl)ccc1C)S(=O)(=O)c1ccc(C)cc1. The van der Waals surface area contributed by atoms with E-state index in [2.05, 4.69) is 5.32 Å². The molecule has 3 rings (SSSR count). The van der Waals surface area contributed by atoms with E-state index in [1.165, 1.54) is 17.0 Å². The summed E-state index contributed by atoms with van der Waals surface area (Å²) in [6.07, 6.45) is 0.751. The molecule has 0 spiro atoms. The van der Waals surface area contributed by atoms with Gasteiger partial charge < -0.3 is 10.2 Å². The number of hydrogen-bond acceptors (Lipinski definition) is 4. The van der Waals surface area contributed by atoms with Gasteiger partial charge in [-0.05, 0) is 75.1 Å². The summed E-state index contributed by atoms with van der Waals surface area (Å²) in [4.78, 5) is 28.5. The number of carbonyl (C=O) groups is 2. The lowest BCUT2D eigenvalue weighted by Gasteiger charge is -2.32. The Bertz CT molecular complexity index is 1420. The number of aryl methyl sites for hydroxylation is 3. The topological polar surface area (TPSA) is 86.8 Å². The second-order valence-corrected chi connectivity index (χ2v) is 12.0. The van der Waals surface area contributed by atoms with Gasteiger partial charge in [-0.25, -0.2) is 8.42 Å². The first kappa shape index (κ1) is 30.2. The van der Waals surface area contributed by atoms with E-state index in [1.54, 1.807) is 44.2 Å². The molecule has 0 heterocycles. The molecule has 0 saturated heterocycles. The van der Waals surface area contributed by atoms with E-state index >= 15 is 0 Å². The Kier molecular flexibility index (Phi) is 10.2. The van der Waals surface area contributed by atoms with Gasteiger partial charge in [0.25, 0.3) is 10.0 Å². The lowest BCUT2D eigenvalue weighted by molar-refractivity contribution is -0.139. The average Bonchev–Trinajstić information content (AvgIpc) is 2.91. The number of anilines is 1. The quantitative estimate of drug-likeness (QED) is 0.335. The van der Waals surface area contributed by atoms with Crippen LogP contribution >= 0.6 is 11.6 Å². The Morgan fingerprint density at radius 2 is 1.62 bits per heavy atom. The van der Waals surface area contributed by atoms with Gasteiger partial charge in [0.15, 0.2) is 0 Å². The van der Waals surface area contributed by atoms with Crippen molar-refractivity contribution in [1.29, 1.82) is 0 Å². The van der Waals surface area contributed by atoms with Crippen LogP contribution in [0.5, 0.6) is 0 Å². The summed E-state index contributed by atoms with van der Waals surface area (Å²) >= 11 is 6.27. The zero-order chi connectivity index (χ0) is 28.7. The molecule has 2 amide bonds. The molecule has 0 aliphatic rings. The number of rotatable bonds is 11. The van der Waals surface area contributed by atoms with E-state index in [-0.39, 0.29) is 17.3 Å². The lowest BCUT2D eigenvalue weighted by Crippen LogP contribution is -2.51. The highest BCUT2D eigenvalue weighted by molar-refractivity contribution is 7.92. The minimum atomic E-state index is -4.15. The molecule has 0 radical (unpaired) electrons. The Labute approximate surface area is 236 Å². The lowest BCUT2D eigenvalue weighted by atomic mass is 10.1. The molecule has 0 unspecified atom stereocenters. The van der Waals surface area contributed by atoms with Crippen molar-refractivity contribution in [2.75, 3.05) is 17.4 Å². The number of amides is 2. The maximum atomic E-state index is 14.0. The molecule has 208 valence electrons. The van der Waals surface area contributed by atoms with Crippen molar-refractivity contribution in [2.45, 2.75) is 58.5 Å². The van der Waals surface area contributed by atoms with Crippen LogP contribution in [0.2, 0.25) is 5.02 Å². The fourth-order valence-corrected chi connectivity index (χ4v) is 5.79. The standard InChI is InChI=1S/C30H36ClN3O4S/c1-6-17-32-30(36)24(5)33(19-25-10-8-7-9-22(25)3)29(35)20-34(28-18-26(31)14-13-23(28)4)39(37,38)27-15-11-21(2)12-16-27/h7-16,18,24H,6,17,19-20H2,1-5H3,(H,32,36)/t24-/m0/s1. The van der Waals surface area contributed by atoms with Gasteiger partial charge in [-0.3, -0.25) is 13.9 Å². The molecule has 1 atom stereocenters. The molecule has 3 aromatic carbocycles. The van der Waals surface area contributed by atoms with E-state index < -0.39 is 28.5 Å². The molecular weight excluding hydrogens is 534 g/mol. The highest BCUT2D eigenvalue weighted by Gasteiger charge is 2.33. The maximum absolute atomic E-state index is 14.0. The van der Waals surface area contributed by atoms with Crippen molar-refractivity contribution >= 4 is 39.1 Å². The first-order valence-electron chi connectivity index (χ1n) is 12.9. The summed E-state index contributed by atoms with van der Waals surface area (Å²) < 4.78 is 29.0. The minimum absolute atomic E-state index is 0.0551. The van der Waals surface area contributed by atoms with Gasteiger partial charge in [-0.1, -0.05) is 66.6 Å². The van der Waals surface area contributed by atoms with E-state index in [4.69, 9.17) is 11.6 Å². The van der Waals surface area contributed by atoms with Crippen molar-refractivity contribution in [3.8, 4) is 0 Å². The summed E-state index contributed by atoms with van der Waals surface area (Å²) in [5, 5.41) is 3.19. The predicted octanol–water partition coefficient (Wildman–Crippen LogP) is 5.40. The van der Waals surface area contributed by atoms with Crippen LogP contribution in [0.3, 0.4) is 0 Å². The monoisotopic (exact) mass is 569 g/mol. The van der Waals surface area contributed by atoms with Crippen LogP contribution in [0.1, 0.15) is 42.5 Å². The predicted molar refractivity (Wildman–Crippen MR) is 156 cm³/mol. The Morgan fingerprint density at radius 3 is 2.26 bits per heavy atom. The van der Waals surface area contributed by atoms with Gasteiger partial charge in [0, 0.05) is 18.1 Å². The number of carbonyl (C=O) groups excluding carboxylic acids is 2. The van der Waals surface area contributed by atoms with Gasteiger partial charge in [0.2, 0.25) is 11.8 Å². The van der Waals surface area contributed by atoms with Gasteiger partial charge >= 0.3 is 0 Å². The summed E-state index contributed by atoms with van der Waals surface area (Å²) in [7, 11) is -4.15. The summed E-state index contributed by atoms with van der Waals surface area (Å²) in [6, 6.07) is 18.2. The van der Waals surface area contributed by atoms with Gasteiger partial charge in [-0.15, -0.1) is 0 Å². The Morgan fingerprint density at radius 1 is 0.949 bits per heavy atom. The van der Waals surface area contributed by atoms with Crippen molar-refractivity contribution < 1.29 is 18.0 Å². The number of hydrogen-bond donors (Lipinski definition) is 1. The van der Waals surface area contributed by atoms with Crippen LogP contribution in [-0.4, -0.2) is 44.3 Å². The largest absolute Gasteiger partial charge is 0.354 e. The maximum Gasteiger partial charge on any atom is 0.264 e. The third-order valence-corrected chi connectivity index (χ3v) is 8.66. The minimum Gasteiger partial charge on any atom is -0.354 e. The zero-order valence-electron chi connectivity index (χ0n) is 23.1. The van der Waals surface area contributed by atoms with E-state index in [9.17, 15) is 18.0 Å². The third kappa shape index (κ3) is 7.40. The van der Waals surface area contributed by atoms with Crippen LogP contribution in [0.25, 0.3) is 0 Å². The number of nitrogens with one attached hydrogen (secondary N) is 1. The molecule has 0 aliphatic carbocycles. The summed E-state index contributed by atoms with van der Waals surface area (Å²) in [5.41, 5.74) is 3.68. The van der Waals surface area contributed by atoms with Gasteiger partial charge in [0.05, 0.1) is 10.6 Å². The van der Waals surface area contributed by atoms with Crippen LogP contribution in [0, 0.1) is 20.8 Å². The van der Waals surface area contributed by atoms with Crippen LogP contribution in [0.15, 0.2) is 71.6 Å². The molecule has 0 aliphatic heterocycles. The fraction of sp³-hybridized carbons (Fsp3) is 0.333. The average molecular weight is 570 g/mol. The second-order valence-electron chi connectivity index (χ2n) is 9.67. The Balaban J connectivity index is 2.07. The van der Waals surface area contributed by atoms with Crippen molar-refractivity contribution in [3.63, 3.8) is 0 Å². The molecule has 0 saturated carbocycles. The zero-order valence-corrected chi connectivity index (χ0v) is 24.6.